The normalized spacial score (nSPS) is 10.2. The first-order chi connectivity index (χ1) is 9.94. The summed E-state index contributed by atoms with van der Waals surface area (Å²) in [7, 11) is 0. The first kappa shape index (κ1) is 14.5. The number of carboxylic acids is 1. The van der Waals surface area contributed by atoms with Crippen molar-refractivity contribution in [3.8, 4) is 0 Å². The molecule has 21 heavy (non-hydrogen) atoms. The Balaban J connectivity index is 1.96. The molecule has 2 aromatic rings. The van der Waals surface area contributed by atoms with Gasteiger partial charge in [-0.1, -0.05) is 0 Å². The number of carbonyl (C=O) groups is 2. The lowest BCUT2D eigenvalue weighted by molar-refractivity contribution is -0.137. The Morgan fingerprint density at radius 3 is 2.71 bits per heavy atom. The summed E-state index contributed by atoms with van der Waals surface area (Å²) in [4.78, 5) is 22.2. The third kappa shape index (κ3) is 4.03. The lowest BCUT2D eigenvalue weighted by Gasteiger charge is -2.07. The van der Waals surface area contributed by atoms with E-state index in [9.17, 15) is 14.0 Å². The highest BCUT2D eigenvalue weighted by atomic mass is 19.1. The number of aliphatic carboxylic acids is 1. The van der Waals surface area contributed by atoms with Gasteiger partial charge >= 0.3 is 12.0 Å². The van der Waals surface area contributed by atoms with Gasteiger partial charge in [-0.3, -0.25) is 9.48 Å². The van der Waals surface area contributed by atoms with Crippen LogP contribution in [0.5, 0.6) is 0 Å². The van der Waals surface area contributed by atoms with Gasteiger partial charge in [0.15, 0.2) is 0 Å². The van der Waals surface area contributed by atoms with Gasteiger partial charge in [-0.15, -0.1) is 0 Å². The maximum absolute atomic E-state index is 13.1. The summed E-state index contributed by atoms with van der Waals surface area (Å²) in [5.41, 5.74) is 1.22. The van der Waals surface area contributed by atoms with Crippen molar-refractivity contribution in [2.45, 2.75) is 13.5 Å². The lowest BCUT2D eigenvalue weighted by atomic mass is 10.2. The molecule has 0 saturated carbocycles. The number of nitrogens with zero attached hydrogens (tertiary/aromatic N) is 2. The summed E-state index contributed by atoms with van der Waals surface area (Å²) in [6.45, 7) is 1.30. The van der Waals surface area contributed by atoms with E-state index in [1.54, 1.807) is 6.92 Å². The second-order valence-electron chi connectivity index (χ2n) is 4.36. The number of anilines is 2. The molecule has 2 amide bonds. The second-order valence-corrected chi connectivity index (χ2v) is 4.36. The minimum Gasteiger partial charge on any atom is -0.480 e. The number of hydrogen-bond donors (Lipinski definition) is 3. The van der Waals surface area contributed by atoms with E-state index in [0.717, 1.165) is 0 Å². The van der Waals surface area contributed by atoms with Crippen molar-refractivity contribution in [3.63, 3.8) is 0 Å². The minimum atomic E-state index is -1.03. The fourth-order valence-corrected chi connectivity index (χ4v) is 1.67. The van der Waals surface area contributed by atoms with Crippen LogP contribution >= 0.6 is 0 Å². The minimum absolute atomic E-state index is 0.291. The zero-order valence-corrected chi connectivity index (χ0v) is 11.1. The van der Waals surface area contributed by atoms with Crippen molar-refractivity contribution in [2.75, 3.05) is 10.6 Å². The SMILES string of the molecule is Cc1cc(NC(=O)Nc2cnn(CC(=O)O)c2)ccc1F. The third-order valence-corrected chi connectivity index (χ3v) is 2.60. The summed E-state index contributed by atoms with van der Waals surface area (Å²) in [5, 5.41) is 17.4. The fraction of sp³-hybridized carbons (Fsp3) is 0.154. The third-order valence-electron chi connectivity index (χ3n) is 2.60. The molecule has 0 spiro atoms. The number of halogens is 1. The number of aryl methyl sites for hydroxylation is 1. The summed E-state index contributed by atoms with van der Waals surface area (Å²) < 4.78 is 14.3. The highest BCUT2D eigenvalue weighted by Gasteiger charge is 2.07. The average Bonchev–Trinajstić information content (AvgIpc) is 2.80. The van der Waals surface area contributed by atoms with Gasteiger partial charge < -0.3 is 15.7 Å². The molecule has 1 aromatic heterocycles. The van der Waals surface area contributed by atoms with Crippen LogP contribution in [0, 0.1) is 12.7 Å². The van der Waals surface area contributed by atoms with Crippen molar-refractivity contribution in [2.24, 2.45) is 0 Å². The molecule has 110 valence electrons. The topological polar surface area (TPSA) is 96.3 Å². The Morgan fingerprint density at radius 1 is 1.33 bits per heavy atom. The van der Waals surface area contributed by atoms with Gasteiger partial charge in [0, 0.05) is 11.9 Å². The largest absolute Gasteiger partial charge is 0.480 e. The molecule has 3 N–H and O–H groups in total. The van der Waals surface area contributed by atoms with Crippen molar-refractivity contribution in [1.29, 1.82) is 0 Å². The Labute approximate surface area is 119 Å². The van der Waals surface area contributed by atoms with Crippen LogP contribution in [0.1, 0.15) is 5.56 Å². The number of rotatable bonds is 4. The van der Waals surface area contributed by atoms with Crippen LogP contribution in [0.25, 0.3) is 0 Å². The predicted molar refractivity (Wildman–Crippen MR) is 73.6 cm³/mol. The van der Waals surface area contributed by atoms with Crippen LogP contribution in [0.3, 0.4) is 0 Å². The van der Waals surface area contributed by atoms with Crippen LogP contribution < -0.4 is 10.6 Å². The lowest BCUT2D eigenvalue weighted by Crippen LogP contribution is -2.19. The highest BCUT2D eigenvalue weighted by molar-refractivity contribution is 5.99. The maximum Gasteiger partial charge on any atom is 0.325 e. The molecule has 1 heterocycles. The summed E-state index contributed by atoms with van der Waals surface area (Å²) >= 11 is 0. The quantitative estimate of drug-likeness (QED) is 0.803. The number of carbonyl (C=O) groups excluding carboxylic acids is 1. The van der Waals surface area contributed by atoms with Gasteiger partial charge in [0.05, 0.1) is 11.9 Å². The monoisotopic (exact) mass is 292 g/mol. The molecule has 0 fully saturated rings. The van der Waals surface area contributed by atoms with E-state index in [0.29, 0.717) is 16.9 Å². The van der Waals surface area contributed by atoms with E-state index in [-0.39, 0.29) is 12.4 Å². The smallest absolute Gasteiger partial charge is 0.325 e. The highest BCUT2D eigenvalue weighted by Crippen LogP contribution is 2.14. The molecule has 0 saturated heterocycles. The van der Waals surface area contributed by atoms with E-state index >= 15 is 0 Å². The molecule has 0 unspecified atom stereocenters. The van der Waals surface area contributed by atoms with Gasteiger partial charge in [-0.05, 0) is 30.7 Å². The molecule has 2 rings (SSSR count). The van der Waals surface area contributed by atoms with Crippen LogP contribution in [0.2, 0.25) is 0 Å². The Morgan fingerprint density at radius 2 is 2.05 bits per heavy atom. The van der Waals surface area contributed by atoms with Crippen molar-refractivity contribution in [1.82, 2.24) is 9.78 Å². The van der Waals surface area contributed by atoms with E-state index in [2.05, 4.69) is 15.7 Å². The van der Waals surface area contributed by atoms with E-state index in [4.69, 9.17) is 5.11 Å². The van der Waals surface area contributed by atoms with E-state index in [1.807, 2.05) is 0 Å². The molecule has 7 nitrogen and oxygen atoms in total. The van der Waals surface area contributed by atoms with Gasteiger partial charge in [-0.25, -0.2) is 9.18 Å². The number of carboxylic acid groups (broad SMARTS) is 1. The van der Waals surface area contributed by atoms with Gasteiger partial charge in [0.25, 0.3) is 0 Å². The zero-order valence-electron chi connectivity index (χ0n) is 11.1. The number of nitrogens with one attached hydrogen (secondary N) is 2. The molecular formula is C13H13FN4O3. The van der Waals surface area contributed by atoms with Crippen LogP contribution in [0.15, 0.2) is 30.6 Å². The second kappa shape index (κ2) is 6.04. The number of benzene rings is 1. The van der Waals surface area contributed by atoms with Gasteiger partial charge in [-0.2, -0.15) is 5.10 Å². The summed E-state index contributed by atoms with van der Waals surface area (Å²) in [5.74, 6) is -1.38. The molecule has 0 aliphatic carbocycles. The zero-order chi connectivity index (χ0) is 15.4. The Bertz CT molecular complexity index is 684. The fourth-order valence-electron chi connectivity index (χ4n) is 1.67. The van der Waals surface area contributed by atoms with Gasteiger partial charge in [0.2, 0.25) is 0 Å². The molecule has 0 aliphatic rings. The molecular weight excluding hydrogens is 279 g/mol. The number of amides is 2. The Kier molecular flexibility index (Phi) is 4.17. The average molecular weight is 292 g/mol. The number of hydrogen-bond acceptors (Lipinski definition) is 3. The number of urea groups is 1. The Hall–Kier alpha value is -2.90. The van der Waals surface area contributed by atoms with Crippen LogP contribution in [-0.4, -0.2) is 26.9 Å². The van der Waals surface area contributed by atoms with Crippen molar-refractivity contribution < 1.29 is 19.1 Å². The predicted octanol–water partition coefficient (Wildman–Crippen LogP) is 2.06. The van der Waals surface area contributed by atoms with E-state index in [1.165, 1.54) is 35.3 Å². The van der Waals surface area contributed by atoms with Crippen LogP contribution in [0.4, 0.5) is 20.6 Å². The van der Waals surface area contributed by atoms with Crippen molar-refractivity contribution >= 4 is 23.4 Å². The van der Waals surface area contributed by atoms with Gasteiger partial charge in [0.1, 0.15) is 12.4 Å². The summed E-state index contributed by atoms with van der Waals surface area (Å²) in [6.07, 6.45) is 2.72. The maximum atomic E-state index is 13.1. The first-order valence-corrected chi connectivity index (χ1v) is 6.02. The molecule has 1 aromatic carbocycles. The molecule has 0 radical (unpaired) electrons. The molecule has 0 bridgehead atoms. The van der Waals surface area contributed by atoms with Crippen molar-refractivity contribution in [3.05, 3.63) is 42.0 Å². The number of aromatic nitrogens is 2. The molecule has 8 heteroatoms. The summed E-state index contributed by atoms with van der Waals surface area (Å²) in [6, 6.07) is 3.67. The first-order valence-electron chi connectivity index (χ1n) is 6.02. The standard InChI is InChI=1S/C13H13FN4O3/c1-8-4-9(2-3-11(8)14)16-13(21)17-10-5-15-18(6-10)7-12(19)20/h2-6H,7H2,1H3,(H,19,20)(H2,16,17,21). The molecule has 0 atom stereocenters. The van der Waals surface area contributed by atoms with Crippen LogP contribution in [-0.2, 0) is 11.3 Å². The van der Waals surface area contributed by atoms with E-state index < -0.39 is 12.0 Å². The molecule has 0 aliphatic heterocycles.